The molecule has 2 N–H and O–H groups in total. The van der Waals surface area contributed by atoms with Gasteiger partial charge < -0.3 is 10.6 Å². The van der Waals surface area contributed by atoms with Crippen molar-refractivity contribution in [3.8, 4) is 0 Å². The Labute approximate surface area is 298 Å². The van der Waals surface area contributed by atoms with Crippen LogP contribution in [0, 0.1) is 21.7 Å². The number of carbonyl (C=O) groups is 6. The number of urea groups is 4. The van der Waals surface area contributed by atoms with Gasteiger partial charge in [-0.15, -0.1) is 0 Å². The Morgan fingerprint density at radius 3 is 1.30 bits per heavy atom. The molecule has 5 fully saturated rings. The topological polar surface area (TPSA) is 139 Å². The first-order valence-corrected chi connectivity index (χ1v) is 19.2. The second-order valence-corrected chi connectivity index (χ2v) is 18.6. The Kier molecular flexibility index (Phi) is 11.3. The number of hydrogen-bond donors (Lipinski definition) is 2. The molecule has 3 aliphatic heterocycles. The van der Waals surface area contributed by atoms with Crippen LogP contribution in [0.4, 0.5) is 19.2 Å². The van der Waals surface area contributed by atoms with Gasteiger partial charge in [0.1, 0.15) is 0 Å². The van der Waals surface area contributed by atoms with Crippen molar-refractivity contribution in [3.63, 3.8) is 0 Å². The van der Waals surface area contributed by atoms with Crippen molar-refractivity contribution < 1.29 is 28.8 Å². The number of amides is 10. The molecule has 4 atom stereocenters. The summed E-state index contributed by atoms with van der Waals surface area (Å²) in [6, 6.07) is -1.64. The standard InChI is InChI=1S/C38H62N6O6/c1-35(2)19-27(39-31(47)41-17-13-9-7-11-15-29(41)45)21-37(5,23-35)25-43-33(49)44(34(43)50)26-38(6)22-28(20-36(3,4)24-38)40-32(48)42-18-14-10-8-12-16-30(42)46/h27-28H,7-26H2,1-6H3,(H,39,47)(H,40,48). The summed E-state index contributed by atoms with van der Waals surface area (Å²) in [4.78, 5) is 84.8. The Morgan fingerprint density at radius 2 is 0.920 bits per heavy atom. The summed E-state index contributed by atoms with van der Waals surface area (Å²) < 4.78 is 0. The first-order valence-electron chi connectivity index (χ1n) is 19.2. The highest BCUT2D eigenvalue weighted by Gasteiger charge is 2.53. The fraction of sp³-hybridized carbons (Fsp3) is 0.842. The smallest absolute Gasteiger partial charge is 0.335 e. The number of likely N-dealkylation sites (tertiary alicyclic amines) is 2. The molecule has 5 rings (SSSR count). The van der Waals surface area contributed by atoms with Crippen LogP contribution in [-0.4, -0.2) is 93.8 Å². The zero-order valence-electron chi connectivity index (χ0n) is 31.5. The molecule has 0 aromatic rings. The van der Waals surface area contributed by atoms with Crippen LogP contribution in [0.2, 0.25) is 0 Å². The molecule has 2 aliphatic carbocycles. The van der Waals surface area contributed by atoms with Crippen molar-refractivity contribution in [3.05, 3.63) is 0 Å². The summed E-state index contributed by atoms with van der Waals surface area (Å²) in [5, 5.41) is 6.30. The molecule has 0 aromatic carbocycles. The molecule has 0 radical (unpaired) electrons. The van der Waals surface area contributed by atoms with Gasteiger partial charge in [-0.1, -0.05) is 67.2 Å². The third-order valence-corrected chi connectivity index (χ3v) is 11.7. The minimum Gasteiger partial charge on any atom is -0.335 e. The van der Waals surface area contributed by atoms with Gasteiger partial charge in [0.05, 0.1) is 0 Å². The zero-order valence-corrected chi connectivity index (χ0v) is 31.5. The third kappa shape index (κ3) is 9.18. The molecular formula is C38H62N6O6. The second-order valence-electron chi connectivity index (χ2n) is 18.6. The average Bonchev–Trinajstić information content (AvgIpc) is 2.96. The number of hydrogen-bond acceptors (Lipinski definition) is 6. The van der Waals surface area contributed by atoms with Crippen molar-refractivity contribution >= 4 is 35.9 Å². The number of imide groups is 4. The molecule has 0 spiro atoms. The minimum absolute atomic E-state index is 0.122. The van der Waals surface area contributed by atoms with Gasteiger partial charge >= 0.3 is 24.1 Å². The van der Waals surface area contributed by atoms with Crippen LogP contribution in [0.15, 0.2) is 0 Å². The molecular weight excluding hydrogens is 636 g/mol. The second kappa shape index (κ2) is 14.8. The van der Waals surface area contributed by atoms with E-state index in [-0.39, 0.29) is 71.9 Å². The number of nitrogens with one attached hydrogen (secondary N) is 2. The fourth-order valence-electron chi connectivity index (χ4n) is 10.4. The first kappa shape index (κ1) is 38.1. The molecule has 12 heteroatoms. The van der Waals surface area contributed by atoms with Crippen LogP contribution in [0.1, 0.15) is 144 Å². The maximum atomic E-state index is 13.7. The summed E-state index contributed by atoms with van der Waals surface area (Å²) in [7, 11) is 0. The molecule has 4 unspecified atom stereocenters. The van der Waals surface area contributed by atoms with E-state index in [1.807, 2.05) is 0 Å². The quantitative estimate of drug-likeness (QED) is 0.306. The predicted molar refractivity (Wildman–Crippen MR) is 190 cm³/mol. The molecule has 2 saturated carbocycles. The van der Waals surface area contributed by atoms with E-state index < -0.39 is 10.8 Å². The van der Waals surface area contributed by atoms with E-state index in [4.69, 9.17) is 0 Å². The highest BCUT2D eigenvalue weighted by atomic mass is 16.2. The molecule has 12 nitrogen and oxygen atoms in total. The summed E-state index contributed by atoms with van der Waals surface area (Å²) in [6.45, 7) is 14.2. The molecule has 50 heavy (non-hydrogen) atoms. The number of carbonyl (C=O) groups excluding carboxylic acids is 6. The maximum Gasteiger partial charge on any atom is 0.336 e. The van der Waals surface area contributed by atoms with Gasteiger partial charge in [0.2, 0.25) is 11.8 Å². The van der Waals surface area contributed by atoms with E-state index in [2.05, 4.69) is 52.2 Å². The molecule has 0 aromatic heterocycles. The monoisotopic (exact) mass is 698 g/mol. The lowest BCUT2D eigenvalue weighted by Gasteiger charge is -2.53. The van der Waals surface area contributed by atoms with Gasteiger partial charge in [0, 0.05) is 51.1 Å². The van der Waals surface area contributed by atoms with E-state index in [9.17, 15) is 28.8 Å². The molecule has 10 amide bonds. The molecule has 3 heterocycles. The largest absolute Gasteiger partial charge is 0.336 e. The van der Waals surface area contributed by atoms with Crippen LogP contribution in [0.25, 0.3) is 0 Å². The van der Waals surface area contributed by atoms with Crippen molar-refractivity contribution in [1.29, 1.82) is 0 Å². The molecule has 3 saturated heterocycles. The molecule has 5 aliphatic rings. The maximum absolute atomic E-state index is 13.7. The van der Waals surface area contributed by atoms with E-state index in [0.717, 1.165) is 77.0 Å². The number of rotatable bonds is 6. The summed E-state index contributed by atoms with van der Waals surface area (Å²) in [5.41, 5.74) is -1.10. The Morgan fingerprint density at radius 1 is 0.560 bits per heavy atom. The first-order chi connectivity index (χ1) is 23.4. The van der Waals surface area contributed by atoms with Crippen LogP contribution in [0.5, 0.6) is 0 Å². The zero-order chi connectivity index (χ0) is 36.5. The summed E-state index contributed by atoms with van der Waals surface area (Å²) in [5.74, 6) is -0.243. The van der Waals surface area contributed by atoms with Crippen molar-refractivity contribution in [2.24, 2.45) is 21.7 Å². The van der Waals surface area contributed by atoms with E-state index in [1.165, 1.54) is 19.6 Å². The fourth-order valence-corrected chi connectivity index (χ4v) is 10.4. The number of nitrogens with zero attached hydrogens (tertiary/aromatic N) is 4. The minimum atomic E-state index is -0.409. The highest BCUT2D eigenvalue weighted by Crippen LogP contribution is 2.49. The lowest BCUT2D eigenvalue weighted by atomic mass is 9.62. The lowest BCUT2D eigenvalue weighted by Crippen LogP contribution is -2.68. The summed E-state index contributed by atoms with van der Waals surface area (Å²) >= 11 is 0. The van der Waals surface area contributed by atoms with Crippen molar-refractivity contribution in [1.82, 2.24) is 30.2 Å². The SMILES string of the molecule is CC1(C)CC(NC(=O)N2CCCCCCC2=O)CC(C)(CN2C(=O)N(CC3(C)CC(NC(=O)N4CCCCCCC4=O)CC(C)(C)C3)C2=O)C1. The van der Waals surface area contributed by atoms with E-state index in [0.29, 0.717) is 38.8 Å². The predicted octanol–water partition coefficient (Wildman–Crippen LogP) is 7.02. The third-order valence-electron chi connectivity index (χ3n) is 11.7. The van der Waals surface area contributed by atoms with Gasteiger partial charge in [0.15, 0.2) is 0 Å². The van der Waals surface area contributed by atoms with Gasteiger partial charge in [-0.3, -0.25) is 19.4 Å². The van der Waals surface area contributed by atoms with E-state index >= 15 is 0 Å². The van der Waals surface area contributed by atoms with E-state index in [1.54, 1.807) is 0 Å². The van der Waals surface area contributed by atoms with Crippen molar-refractivity contribution in [2.75, 3.05) is 26.2 Å². The van der Waals surface area contributed by atoms with Gasteiger partial charge in [-0.05, 0) is 85.9 Å². The lowest BCUT2D eigenvalue weighted by molar-refractivity contribution is -0.129. The summed E-state index contributed by atoms with van der Waals surface area (Å²) in [6.07, 6.45) is 12.4. The van der Waals surface area contributed by atoms with Crippen LogP contribution in [-0.2, 0) is 9.59 Å². The van der Waals surface area contributed by atoms with Crippen LogP contribution in [0.3, 0.4) is 0 Å². The Balaban J connectivity index is 1.19. The Bertz CT molecular complexity index is 1240. The van der Waals surface area contributed by atoms with Gasteiger partial charge in [-0.25, -0.2) is 29.0 Å². The van der Waals surface area contributed by atoms with Crippen molar-refractivity contribution in [2.45, 2.75) is 156 Å². The van der Waals surface area contributed by atoms with Crippen LogP contribution >= 0.6 is 0 Å². The normalized spacial score (nSPS) is 32.4. The Hall–Kier alpha value is -3.18. The van der Waals surface area contributed by atoms with Gasteiger partial charge in [-0.2, -0.15) is 0 Å². The van der Waals surface area contributed by atoms with Crippen LogP contribution < -0.4 is 10.6 Å². The highest BCUT2D eigenvalue weighted by molar-refractivity contribution is 6.11. The molecule has 280 valence electrons. The van der Waals surface area contributed by atoms with Gasteiger partial charge in [0.25, 0.3) is 0 Å². The molecule has 0 bridgehead atoms. The average molecular weight is 699 g/mol.